The summed E-state index contributed by atoms with van der Waals surface area (Å²) >= 11 is 0. The van der Waals surface area contributed by atoms with Crippen molar-refractivity contribution in [2.24, 2.45) is 5.41 Å². The van der Waals surface area contributed by atoms with Crippen molar-refractivity contribution in [3.8, 4) is 0 Å². The molecule has 0 aliphatic heterocycles. The van der Waals surface area contributed by atoms with Crippen LogP contribution in [0.3, 0.4) is 0 Å². The molecule has 3 aliphatic carbocycles. The number of carbonyl (C=O) groups is 1. The zero-order valence-electron chi connectivity index (χ0n) is 9.36. The fraction of sp³-hybridized carbons (Fsp3) is 0.917. The molecule has 1 N–H and O–H groups in total. The Morgan fingerprint density at radius 1 is 1.14 bits per heavy atom. The van der Waals surface area contributed by atoms with Gasteiger partial charge in [-0.25, -0.2) is 0 Å². The molecule has 2 nitrogen and oxygen atoms in total. The van der Waals surface area contributed by atoms with Crippen LogP contribution in [-0.2, 0) is 4.79 Å². The van der Waals surface area contributed by atoms with Gasteiger partial charge in [0.2, 0.25) is 0 Å². The molecule has 3 fully saturated rings. The normalized spacial score (nSPS) is 41.3. The predicted octanol–water partition coefficient (Wildman–Crippen LogP) is 2.28. The van der Waals surface area contributed by atoms with E-state index in [-0.39, 0.29) is 5.41 Å². The highest BCUT2D eigenvalue weighted by atomic mass is 16.1. The van der Waals surface area contributed by atoms with Gasteiger partial charge >= 0.3 is 0 Å². The minimum atomic E-state index is 0.0906. The van der Waals surface area contributed by atoms with Crippen molar-refractivity contribution in [2.75, 3.05) is 7.05 Å². The Morgan fingerprint density at radius 2 is 1.64 bits per heavy atom. The lowest BCUT2D eigenvalue weighted by atomic mass is 9.55. The zero-order valence-corrected chi connectivity index (χ0v) is 9.36. The minimum absolute atomic E-state index is 0.0906. The monoisotopic (exact) mass is 195 g/mol. The fourth-order valence-electron chi connectivity index (χ4n) is 3.35. The number of carbonyl (C=O) groups excluding carboxylic acids is 1. The van der Waals surface area contributed by atoms with Gasteiger partial charge in [0.15, 0.2) is 0 Å². The Morgan fingerprint density at radius 3 is 2.00 bits per heavy atom. The number of hydrogen-bond acceptors (Lipinski definition) is 2. The highest BCUT2D eigenvalue weighted by Crippen LogP contribution is 2.52. The molecule has 0 atom stereocenters. The number of fused-ring (bicyclic) bond motifs is 3. The van der Waals surface area contributed by atoms with Gasteiger partial charge in [0.1, 0.15) is 5.78 Å². The van der Waals surface area contributed by atoms with Gasteiger partial charge in [-0.15, -0.1) is 0 Å². The Bertz CT molecular complexity index is 222. The van der Waals surface area contributed by atoms with Crippen LogP contribution in [0.15, 0.2) is 0 Å². The summed E-state index contributed by atoms with van der Waals surface area (Å²) in [4.78, 5) is 11.9. The third-order valence-corrected chi connectivity index (χ3v) is 4.69. The molecule has 0 saturated heterocycles. The molecule has 2 heteroatoms. The summed E-state index contributed by atoms with van der Waals surface area (Å²) in [5, 5.41) is 3.47. The lowest BCUT2D eigenvalue weighted by molar-refractivity contribution is -0.135. The molecule has 0 amide bonds. The van der Waals surface area contributed by atoms with Gasteiger partial charge in [-0.3, -0.25) is 4.79 Å². The first-order valence-electron chi connectivity index (χ1n) is 5.89. The number of Topliss-reactive ketones (excluding diaryl/α,β-unsaturated/α-hetero) is 1. The standard InChI is InChI=1S/C12H21NO/c1-3-10(14)11-4-7-12(13-2,8-5-11)9-6-11/h13H,3-9H2,1-2H3. The molecule has 0 aromatic rings. The number of rotatable bonds is 3. The summed E-state index contributed by atoms with van der Waals surface area (Å²) in [7, 11) is 2.07. The van der Waals surface area contributed by atoms with Crippen LogP contribution in [0, 0.1) is 5.41 Å². The van der Waals surface area contributed by atoms with Gasteiger partial charge in [0, 0.05) is 17.4 Å². The van der Waals surface area contributed by atoms with E-state index in [4.69, 9.17) is 0 Å². The van der Waals surface area contributed by atoms with Crippen molar-refractivity contribution in [1.82, 2.24) is 5.32 Å². The minimum Gasteiger partial charge on any atom is -0.314 e. The maximum atomic E-state index is 11.9. The van der Waals surface area contributed by atoms with E-state index >= 15 is 0 Å². The highest BCUT2D eigenvalue weighted by molar-refractivity contribution is 5.85. The van der Waals surface area contributed by atoms with Gasteiger partial charge < -0.3 is 5.32 Å². The number of nitrogens with one attached hydrogen (secondary N) is 1. The predicted molar refractivity (Wildman–Crippen MR) is 57.2 cm³/mol. The van der Waals surface area contributed by atoms with E-state index in [1.165, 1.54) is 19.3 Å². The van der Waals surface area contributed by atoms with Gasteiger partial charge in [-0.1, -0.05) is 6.92 Å². The van der Waals surface area contributed by atoms with Crippen LogP contribution in [0.25, 0.3) is 0 Å². The van der Waals surface area contributed by atoms with E-state index in [1.807, 2.05) is 6.92 Å². The lowest BCUT2D eigenvalue weighted by Gasteiger charge is -2.52. The number of hydrogen-bond donors (Lipinski definition) is 1. The molecule has 3 saturated carbocycles. The maximum absolute atomic E-state index is 11.9. The van der Waals surface area contributed by atoms with Crippen molar-refractivity contribution in [1.29, 1.82) is 0 Å². The Kier molecular flexibility index (Phi) is 2.42. The second-order valence-electron chi connectivity index (χ2n) is 5.09. The second-order valence-corrected chi connectivity index (χ2v) is 5.09. The summed E-state index contributed by atoms with van der Waals surface area (Å²) < 4.78 is 0. The largest absolute Gasteiger partial charge is 0.314 e. The van der Waals surface area contributed by atoms with Crippen LogP contribution in [0.1, 0.15) is 51.9 Å². The zero-order chi connectivity index (χ0) is 10.2. The third kappa shape index (κ3) is 1.31. The van der Waals surface area contributed by atoms with Crippen molar-refractivity contribution >= 4 is 5.78 Å². The van der Waals surface area contributed by atoms with Crippen LogP contribution < -0.4 is 5.32 Å². The van der Waals surface area contributed by atoms with Crippen LogP contribution in [0.2, 0.25) is 0 Å². The first-order chi connectivity index (χ1) is 6.66. The maximum Gasteiger partial charge on any atom is 0.138 e. The van der Waals surface area contributed by atoms with Gasteiger partial charge in [0.05, 0.1) is 0 Å². The Balaban J connectivity index is 2.12. The van der Waals surface area contributed by atoms with Gasteiger partial charge in [0.25, 0.3) is 0 Å². The lowest BCUT2D eigenvalue weighted by Crippen LogP contribution is -2.55. The summed E-state index contributed by atoms with van der Waals surface area (Å²) in [6.07, 6.45) is 7.72. The van der Waals surface area contributed by atoms with E-state index in [9.17, 15) is 4.79 Å². The van der Waals surface area contributed by atoms with Crippen molar-refractivity contribution in [3.05, 3.63) is 0 Å². The first kappa shape index (κ1) is 10.2. The third-order valence-electron chi connectivity index (χ3n) is 4.69. The topological polar surface area (TPSA) is 29.1 Å². The van der Waals surface area contributed by atoms with E-state index < -0.39 is 0 Å². The van der Waals surface area contributed by atoms with E-state index in [0.717, 1.165) is 25.7 Å². The Labute approximate surface area is 86.5 Å². The van der Waals surface area contributed by atoms with Gasteiger partial charge in [-0.2, -0.15) is 0 Å². The van der Waals surface area contributed by atoms with Crippen LogP contribution >= 0.6 is 0 Å². The highest BCUT2D eigenvalue weighted by Gasteiger charge is 2.50. The van der Waals surface area contributed by atoms with Crippen LogP contribution in [0.4, 0.5) is 0 Å². The fourth-order valence-corrected chi connectivity index (χ4v) is 3.35. The molecule has 0 aromatic carbocycles. The molecule has 80 valence electrons. The molecule has 0 spiro atoms. The molecule has 0 radical (unpaired) electrons. The molecular weight excluding hydrogens is 174 g/mol. The summed E-state index contributed by atoms with van der Waals surface area (Å²) in [6.45, 7) is 2.01. The molecule has 14 heavy (non-hydrogen) atoms. The quantitative estimate of drug-likeness (QED) is 0.748. The molecular formula is C12H21NO. The van der Waals surface area contributed by atoms with Crippen molar-refractivity contribution in [2.45, 2.75) is 57.4 Å². The molecule has 2 bridgehead atoms. The second kappa shape index (κ2) is 3.34. The average Bonchev–Trinajstić information content (AvgIpc) is 2.30. The molecule has 3 rings (SSSR count). The molecule has 0 unspecified atom stereocenters. The molecule has 0 heterocycles. The summed E-state index contributed by atoms with van der Waals surface area (Å²) in [5.41, 5.74) is 0.475. The van der Waals surface area contributed by atoms with Crippen LogP contribution in [0.5, 0.6) is 0 Å². The van der Waals surface area contributed by atoms with E-state index in [1.54, 1.807) is 0 Å². The average molecular weight is 195 g/mol. The van der Waals surface area contributed by atoms with Crippen molar-refractivity contribution in [3.63, 3.8) is 0 Å². The smallest absolute Gasteiger partial charge is 0.138 e. The van der Waals surface area contributed by atoms with Crippen LogP contribution in [-0.4, -0.2) is 18.4 Å². The molecule has 0 aromatic heterocycles. The molecule has 3 aliphatic rings. The summed E-state index contributed by atoms with van der Waals surface area (Å²) in [5.74, 6) is 0.516. The van der Waals surface area contributed by atoms with E-state index in [2.05, 4.69) is 12.4 Å². The number of ketones is 1. The van der Waals surface area contributed by atoms with Crippen molar-refractivity contribution < 1.29 is 4.79 Å². The van der Waals surface area contributed by atoms with Gasteiger partial charge in [-0.05, 0) is 45.6 Å². The summed E-state index contributed by atoms with van der Waals surface area (Å²) in [6, 6.07) is 0. The first-order valence-corrected chi connectivity index (χ1v) is 5.89. The van der Waals surface area contributed by atoms with E-state index in [0.29, 0.717) is 11.3 Å². The Hall–Kier alpha value is -0.370. The SMILES string of the molecule is CCC(=O)C12CCC(NC)(CC1)CC2.